The van der Waals surface area contributed by atoms with Crippen LogP contribution in [-0.2, 0) is 4.79 Å². The van der Waals surface area contributed by atoms with Crippen LogP contribution in [0.1, 0.15) is 18.0 Å². The molecule has 1 saturated heterocycles. The van der Waals surface area contributed by atoms with Gasteiger partial charge in [-0.25, -0.2) is 4.98 Å². The van der Waals surface area contributed by atoms with Gasteiger partial charge in [-0.05, 0) is 25.1 Å². The minimum atomic E-state index is -0.746. The normalized spacial score (nSPS) is 24.2. The zero-order chi connectivity index (χ0) is 12.5. The standard InChI is InChI=1S/C13H15N3O2/c17-13(18)10-7-14-5-4-9(10)11-8-16-6-2-1-3-12(16)15-11/h1-3,6,8-10,14H,4-5,7H2,(H,17,18). The van der Waals surface area contributed by atoms with E-state index in [2.05, 4.69) is 10.3 Å². The number of carboxylic acids is 1. The first-order valence-electron chi connectivity index (χ1n) is 6.13. The molecule has 0 amide bonds. The summed E-state index contributed by atoms with van der Waals surface area (Å²) >= 11 is 0. The molecular weight excluding hydrogens is 230 g/mol. The first-order chi connectivity index (χ1) is 8.75. The molecule has 94 valence electrons. The Bertz CT molecular complexity index is 545. The van der Waals surface area contributed by atoms with E-state index in [0.717, 1.165) is 24.3 Å². The average molecular weight is 245 g/mol. The van der Waals surface area contributed by atoms with Crippen LogP contribution in [0.2, 0.25) is 0 Å². The molecule has 2 N–H and O–H groups in total. The molecule has 0 spiro atoms. The summed E-state index contributed by atoms with van der Waals surface area (Å²) in [4.78, 5) is 15.8. The van der Waals surface area contributed by atoms with Crippen molar-refractivity contribution in [3.05, 3.63) is 36.3 Å². The first kappa shape index (κ1) is 11.2. The second kappa shape index (κ2) is 4.42. The highest BCUT2D eigenvalue weighted by atomic mass is 16.4. The van der Waals surface area contributed by atoms with Gasteiger partial charge >= 0.3 is 5.97 Å². The number of carboxylic acid groups (broad SMARTS) is 1. The Balaban J connectivity index is 1.98. The number of imidazole rings is 1. The van der Waals surface area contributed by atoms with Crippen molar-refractivity contribution in [2.45, 2.75) is 12.3 Å². The topological polar surface area (TPSA) is 66.6 Å². The maximum absolute atomic E-state index is 11.3. The molecule has 1 aliphatic heterocycles. The Morgan fingerprint density at radius 2 is 2.39 bits per heavy atom. The van der Waals surface area contributed by atoms with Crippen molar-refractivity contribution in [2.75, 3.05) is 13.1 Å². The number of aromatic nitrogens is 2. The molecule has 0 saturated carbocycles. The highest BCUT2D eigenvalue weighted by Crippen LogP contribution is 2.30. The summed E-state index contributed by atoms with van der Waals surface area (Å²) in [6.07, 6.45) is 4.70. The minimum absolute atomic E-state index is 0.00338. The van der Waals surface area contributed by atoms with Crippen LogP contribution >= 0.6 is 0 Å². The molecule has 2 atom stereocenters. The maximum atomic E-state index is 11.3. The fourth-order valence-electron chi connectivity index (χ4n) is 2.60. The van der Waals surface area contributed by atoms with Gasteiger partial charge < -0.3 is 14.8 Å². The van der Waals surface area contributed by atoms with E-state index in [-0.39, 0.29) is 11.8 Å². The van der Waals surface area contributed by atoms with E-state index >= 15 is 0 Å². The maximum Gasteiger partial charge on any atom is 0.308 e. The van der Waals surface area contributed by atoms with Crippen LogP contribution < -0.4 is 5.32 Å². The molecule has 5 nitrogen and oxygen atoms in total. The van der Waals surface area contributed by atoms with Crippen molar-refractivity contribution in [3.63, 3.8) is 0 Å². The van der Waals surface area contributed by atoms with Crippen LogP contribution in [0.4, 0.5) is 0 Å². The molecule has 1 aliphatic rings. The Kier molecular flexibility index (Phi) is 2.76. The molecule has 0 radical (unpaired) electrons. The van der Waals surface area contributed by atoms with E-state index in [9.17, 15) is 9.90 Å². The number of hydrogen-bond acceptors (Lipinski definition) is 3. The summed E-state index contributed by atoms with van der Waals surface area (Å²) in [5.41, 5.74) is 1.75. The summed E-state index contributed by atoms with van der Waals surface area (Å²) in [5.74, 6) is -1.13. The summed E-state index contributed by atoms with van der Waals surface area (Å²) in [6, 6.07) is 5.80. The molecule has 18 heavy (non-hydrogen) atoms. The number of pyridine rings is 1. The van der Waals surface area contributed by atoms with Crippen LogP contribution in [0.3, 0.4) is 0 Å². The molecule has 5 heteroatoms. The lowest BCUT2D eigenvalue weighted by Crippen LogP contribution is -2.39. The highest BCUT2D eigenvalue weighted by molar-refractivity contribution is 5.71. The molecular formula is C13H15N3O2. The smallest absolute Gasteiger partial charge is 0.308 e. The van der Waals surface area contributed by atoms with Gasteiger partial charge in [-0.2, -0.15) is 0 Å². The molecule has 0 aliphatic carbocycles. The van der Waals surface area contributed by atoms with Crippen LogP contribution in [0.15, 0.2) is 30.6 Å². The molecule has 2 aromatic heterocycles. The van der Waals surface area contributed by atoms with Crippen molar-refractivity contribution in [2.24, 2.45) is 5.92 Å². The molecule has 3 heterocycles. The number of nitrogens with zero attached hydrogens (tertiary/aromatic N) is 2. The van der Waals surface area contributed by atoms with Crippen LogP contribution in [-0.4, -0.2) is 33.6 Å². The summed E-state index contributed by atoms with van der Waals surface area (Å²) in [5, 5.41) is 12.4. The summed E-state index contributed by atoms with van der Waals surface area (Å²) in [6.45, 7) is 1.37. The number of carbonyl (C=O) groups is 1. The van der Waals surface area contributed by atoms with Gasteiger partial charge in [-0.1, -0.05) is 6.07 Å². The number of piperidine rings is 1. The average Bonchev–Trinajstić information content (AvgIpc) is 2.82. The highest BCUT2D eigenvalue weighted by Gasteiger charge is 2.33. The van der Waals surface area contributed by atoms with E-state index in [1.54, 1.807) is 0 Å². The second-order valence-corrected chi connectivity index (χ2v) is 4.68. The monoisotopic (exact) mass is 245 g/mol. The van der Waals surface area contributed by atoms with Crippen LogP contribution in [0, 0.1) is 5.92 Å². The quantitative estimate of drug-likeness (QED) is 0.831. The molecule has 3 rings (SSSR count). The third-order valence-electron chi connectivity index (χ3n) is 3.56. The summed E-state index contributed by atoms with van der Waals surface area (Å²) < 4.78 is 1.94. The Hall–Kier alpha value is -1.88. The van der Waals surface area contributed by atoms with Gasteiger partial charge in [0.15, 0.2) is 0 Å². The van der Waals surface area contributed by atoms with Crippen molar-refractivity contribution >= 4 is 11.6 Å². The fourth-order valence-corrected chi connectivity index (χ4v) is 2.60. The third-order valence-corrected chi connectivity index (χ3v) is 3.56. The zero-order valence-electron chi connectivity index (χ0n) is 9.91. The molecule has 2 unspecified atom stereocenters. The van der Waals surface area contributed by atoms with Crippen molar-refractivity contribution < 1.29 is 9.90 Å². The first-order valence-corrected chi connectivity index (χ1v) is 6.13. The Morgan fingerprint density at radius 1 is 1.50 bits per heavy atom. The third kappa shape index (κ3) is 1.86. The number of nitrogens with one attached hydrogen (secondary N) is 1. The van der Waals surface area contributed by atoms with Crippen LogP contribution in [0.5, 0.6) is 0 Å². The van der Waals surface area contributed by atoms with E-state index in [4.69, 9.17) is 0 Å². The molecule has 0 aromatic carbocycles. The van der Waals surface area contributed by atoms with E-state index < -0.39 is 5.97 Å². The van der Waals surface area contributed by atoms with Gasteiger partial charge in [0.05, 0.1) is 11.6 Å². The largest absolute Gasteiger partial charge is 0.481 e. The van der Waals surface area contributed by atoms with Crippen LogP contribution in [0.25, 0.3) is 5.65 Å². The predicted octanol–water partition coefficient (Wildman–Crippen LogP) is 1.11. The predicted molar refractivity (Wildman–Crippen MR) is 66.5 cm³/mol. The number of rotatable bonds is 2. The minimum Gasteiger partial charge on any atom is -0.481 e. The summed E-state index contributed by atoms with van der Waals surface area (Å²) in [7, 11) is 0. The lowest BCUT2D eigenvalue weighted by atomic mass is 9.84. The van der Waals surface area contributed by atoms with Gasteiger partial charge in [-0.15, -0.1) is 0 Å². The zero-order valence-corrected chi connectivity index (χ0v) is 9.91. The van der Waals surface area contributed by atoms with Crippen molar-refractivity contribution in [1.29, 1.82) is 0 Å². The van der Waals surface area contributed by atoms with Gasteiger partial charge in [0, 0.05) is 24.9 Å². The SMILES string of the molecule is O=C(O)C1CNCCC1c1cn2ccccc2n1. The lowest BCUT2D eigenvalue weighted by molar-refractivity contribution is -0.143. The molecule has 0 bridgehead atoms. The lowest BCUT2D eigenvalue weighted by Gasteiger charge is -2.27. The van der Waals surface area contributed by atoms with Crippen molar-refractivity contribution in [3.8, 4) is 0 Å². The number of aliphatic carboxylic acids is 1. The Labute approximate surface area is 104 Å². The van der Waals surface area contributed by atoms with Gasteiger partial charge in [0.1, 0.15) is 5.65 Å². The number of hydrogen-bond donors (Lipinski definition) is 2. The fraction of sp³-hybridized carbons (Fsp3) is 0.385. The van der Waals surface area contributed by atoms with E-state index in [1.807, 2.05) is 35.0 Å². The van der Waals surface area contributed by atoms with E-state index in [1.165, 1.54) is 0 Å². The molecule has 2 aromatic rings. The van der Waals surface area contributed by atoms with Gasteiger partial charge in [-0.3, -0.25) is 4.79 Å². The second-order valence-electron chi connectivity index (χ2n) is 4.68. The van der Waals surface area contributed by atoms with Gasteiger partial charge in [0.2, 0.25) is 0 Å². The van der Waals surface area contributed by atoms with Gasteiger partial charge in [0.25, 0.3) is 0 Å². The number of fused-ring (bicyclic) bond motifs is 1. The molecule has 1 fully saturated rings. The van der Waals surface area contributed by atoms with Crippen molar-refractivity contribution in [1.82, 2.24) is 14.7 Å². The Morgan fingerprint density at radius 3 is 3.17 bits per heavy atom. The van der Waals surface area contributed by atoms with E-state index in [0.29, 0.717) is 6.54 Å².